The zero-order valence-electron chi connectivity index (χ0n) is 6.72. The van der Waals surface area contributed by atoms with Crippen molar-refractivity contribution in [3.8, 4) is 9.89 Å². The second kappa shape index (κ2) is 4.45. The number of hydrogen-bond acceptors (Lipinski definition) is 0. The molecule has 0 atom stereocenters. The molecule has 0 aliphatic rings. The van der Waals surface area contributed by atoms with Gasteiger partial charge in [-0.15, -0.1) is 0 Å². The van der Waals surface area contributed by atoms with Gasteiger partial charge in [0.15, 0.2) is 0 Å². The summed E-state index contributed by atoms with van der Waals surface area (Å²) in [6.07, 6.45) is 0. The van der Waals surface area contributed by atoms with Crippen molar-refractivity contribution in [2.45, 2.75) is 13.8 Å². The van der Waals surface area contributed by atoms with Gasteiger partial charge in [0.05, 0.1) is 0 Å². The van der Waals surface area contributed by atoms with Crippen LogP contribution in [0.5, 0.6) is 0 Å². The fourth-order valence-electron chi connectivity index (χ4n) is 0.716. The molecular formula is C10H10Te. The van der Waals surface area contributed by atoms with Gasteiger partial charge in [-0.05, 0) is 0 Å². The molecule has 0 unspecified atom stereocenters. The van der Waals surface area contributed by atoms with Gasteiger partial charge < -0.3 is 0 Å². The molecule has 0 fully saturated rings. The minimum absolute atomic E-state index is 0.214. The average Bonchev–Trinajstić information content (AvgIpc) is 2.04. The molecule has 0 saturated carbocycles. The number of rotatable bonds is 1. The Morgan fingerprint density at radius 1 is 1.18 bits per heavy atom. The molecular weight excluding hydrogens is 248 g/mol. The predicted molar refractivity (Wildman–Crippen MR) is 50.0 cm³/mol. The van der Waals surface area contributed by atoms with E-state index in [0.717, 1.165) is 0 Å². The van der Waals surface area contributed by atoms with E-state index >= 15 is 0 Å². The topological polar surface area (TPSA) is 0 Å². The van der Waals surface area contributed by atoms with Crippen molar-refractivity contribution in [1.29, 1.82) is 0 Å². The van der Waals surface area contributed by atoms with E-state index in [-0.39, 0.29) is 20.9 Å². The molecule has 0 aromatic heterocycles. The Hall–Kier alpha value is -0.430. The third-order valence-electron chi connectivity index (χ3n) is 1.29. The summed E-state index contributed by atoms with van der Waals surface area (Å²) in [6.45, 7) is 4.01. The Morgan fingerprint density at radius 2 is 1.82 bits per heavy atom. The van der Waals surface area contributed by atoms with Crippen molar-refractivity contribution in [2.75, 3.05) is 0 Å². The van der Waals surface area contributed by atoms with Crippen molar-refractivity contribution >= 4 is 24.5 Å². The zero-order valence-corrected chi connectivity index (χ0v) is 9.05. The average molecular weight is 258 g/mol. The van der Waals surface area contributed by atoms with E-state index in [1.807, 2.05) is 6.92 Å². The first-order valence-corrected chi connectivity index (χ1v) is 5.81. The summed E-state index contributed by atoms with van der Waals surface area (Å²) in [6, 6.07) is 8.67. The summed E-state index contributed by atoms with van der Waals surface area (Å²) in [5.74, 6) is 2.94. The molecule has 0 heterocycles. The first-order chi connectivity index (χ1) is 5.33. The Kier molecular flexibility index (Phi) is 3.50. The molecule has 0 saturated heterocycles. The molecule has 0 nitrogen and oxygen atoms in total. The van der Waals surface area contributed by atoms with Crippen molar-refractivity contribution in [3.63, 3.8) is 0 Å². The number of aryl methyl sites for hydroxylation is 1. The zero-order chi connectivity index (χ0) is 8.10. The summed E-state index contributed by atoms with van der Waals surface area (Å²) in [4.78, 5) is 0. The van der Waals surface area contributed by atoms with Crippen LogP contribution in [0.1, 0.15) is 12.5 Å². The molecule has 1 rings (SSSR count). The summed E-state index contributed by atoms with van der Waals surface area (Å²) < 4.78 is 4.59. The van der Waals surface area contributed by atoms with E-state index in [1.165, 1.54) is 9.17 Å². The summed E-state index contributed by atoms with van der Waals surface area (Å²) in [5, 5.41) is 0. The molecule has 0 aliphatic carbocycles. The van der Waals surface area contributed by atoms with Gasteiger partial charge in [0.2, 0.25) is 0 Å². The van der Waals surface area contributed by atoms with Crippen molar-refractivity contribution in [3.05, 3.63) is 29.8 Å². The van der Waals surface area contributed by atoms with Gasteiger partial charge in [-0.3, -0.25) is 0 Å². The monoisotopic (exact) mass is 260 g/mol. The first kappa shape index (κ1) is 8.66. The molecule has 56 valence electrons. The maximum atomic E-state index is 3.16. The van der Waals surface area contributed by atoms with Crippen LogP contribution >= 0.6 is 0 Å². The molecule has 0 aliphatic heterocycles. The van der Waals surface area contributed by atoms with Gasteiger partial charge in [-0.2, -0.15) is 0 Å². The van der Waals surface area contributed by atoms with Crippen LogP contribution < -0.4 is 3.61 Å². The van der Waals surface area contributed by atoms with Gasteiger partial charge in [0, 0.05) is 0 Å². The van der Waals surface area contributed by atoms with Crippen LogP contribution in [0.15, 0.2) is 24.3 Å². The van der Waals surface area contributed by atoms with Crippen molar-refractivity contribution in [2.24, 2.45) is 0 Å². The van der Waals surface area contributed by atoms with E-state index in [2.05, 4.69) is 41.1 Å². The fourth-order valence-corrected chi connectivity index (χ4v) is 2.12. The normalized spacial score (nSPS) is 8.55. The molecule has 0 bridgehead atoms. The van der Waals surface area contributed by atoms with Crippen LogP contribution in [0.25, 0.3) is 0 Å². The summed E-state index contributed by atoms with van der Waals surface area (Å²) >= 11 is -0.214. The Morgan fingerprint density at radius 3 is 2.36 bits per heavy atom. The van der Waals surface area contributed by atoms with Crippen LogP contribution in [0.3, 0.4) is 0 Å². The SMILES string of the molecule is CC#C[Te]c1ccc(C)cc1. The fraction of sp³-hybridized carbons (Fsp3) is 0.200. The number of benzene rings is 1. The van der Waals surface area contributed by atoms with Crippen LogP contribution in [0.2, 0.25) is 0 Å². The number of hydrogen-bond donors (Lipinski definition) is 0. The van der Waals surface area contributed by atoms with Gasteiger partial charge in [0.25, 0.3) is 0 Å². The molecule has 1 aromatic carbocycles. The van der Waals surface area contributed by atoms with Crippen molar-refractivity contribution < 1.29 is 0 Å². The van der Waals surface area contributed by atoms with Crippen LogP contribution in [-0.4, -0.2) is 20.9 Å². The minimum atomic E-state index is -0.214. The third kappa shape index (κ3) is 2.98. The summed E-state index contributed by atoms with van der Waals surface area (Å²) in [7, 11) is 0. The van der Waals surface area contributed by atoms with Crippen LogP contribution in [0, 0.1) is 16.8 Å². The Bertz CT molecular complexity index is 274. The maximum absolute atomic E-state index is 3.16. The molecule has 0 amide bonds. The van der Waals surface area contributed by atoms with Gasteiger partial charge in [0.1, 0.15) is 0 Å². The molecule has 0 spiro atoms. The molecule has 1 heteroatoms. The summed E-state index contributed by atoms with van der Waals surface area (Å²) in [5.41, 5.74) is 1.32. The molecule has 1 aromatic rings. The first-order valence-electron chi connectivity index (χ1n) is 3.48. The van der Waals surface area contributed by atoms with Crippen LogP contribution in [-0.2, 0) is 0 Å². The van der Waals surface area contributed by atoms with E-state index in [9.17, 15) is 0 Å². The predicted octanol–water partition coefficient (Wildman–Crippen LogP) is 1.31. The third-order valence-corrected chi connectivity index (χ3v) is 3.62. The second-order valence-corrected chi connectivity index (χ2v) is 4.78. The molecule has 11 heavy (non-hydrogen) atoms. The quantitative estimate of drug-likeness (QED) is 0.526. The van der Waals surface area contributed by atoms with E-state index in [0.29, 0.717) is 0 Å². The van der Waals surface area contributed by atoms with Crippen molar-refractivity contribution in [1.82, 2.24) is 0 Å². The van der Waals surface area contributed by atoms with E-state index in [4.69, 9.17) is 0 Å². The standard InChI is InChI=1S/C10H10Te/c1-3-8-11-10-6-4-9(2)5-7-10/h4-7H,1-2H3. The van der Waals surface area contributed by atoms with Gasteiger partial charge in [-0.1, -0.05) is 0 Å². The van der Waals surface area contributed by atoms with E-state index < -0.39 is 0 Å². The van der Waals surface area contributed by atoms with Crippen LogP contribution in [0.4, 0.5) is 0 Å². The second-order valence-electron chi connectivity index (χ2n) is 2.27. The molecule has 0 radical (unpaired) electrons. The van der Waals surface area contributed by atoms with Gasteiger partial charge >= 0.3 is 78.1 Å². The Balaban J connectivity index is 2.71. The van der Waals surface area contributed by atoms with Gasteiger partial charge in [-0.25, -0.2) is 0 Å². The Labute approximate surface area is 78.1 Å². The van der Waals surface area contributed by atoms with E-state index in [1.54, 1.807) is 0 Å². The molecule has 0 N–H and O–H groups in total.